The van der Waals surface area contributed by atoms with Crippen molar-refractivity contribution in [3.05, 3.63) is 12.3 Å². The second-order valence-corrected chi connectivity index (χ2v) is 3.12. The molecule has 0 saturated heterocycles. The molecule has 0 aromatic heterocycles. The summed E-state index contributed by atoms with van der Waals surface area (Å²) in [5, 5.41) is 0. The lowest BCUT2D eigenvalue weighted by molar-refractivity contribution is 0.572. The van der Waals surface area contributed by atoms with E-state index in [1.165, 1.54) is 6.08 Å². The maximum atomic E-state index is 10.4. The SMILES string of the molecule is O=S1(=O)CC=[C]NN1. The molecule has 0 fully saturated rings. The van der Waals surface area contributed by atoms with Gasteiger partial charge in [0.2, 0.25) is 10.0 Å². The van der Waals surface area contributed by atoms with Crippen LogP contribution in [0.4, 0.5) is 0 Å². The Morgan fingerprint density at radius 3 is 2.62 bits per heavy atom. The van der Waals surface area contributed by atoms with Crippen LogP contribution in [0.2, 0.25) is 0 Å². The summed E-state index contributed by atoms with van der Waals surface area (Å²) in [6.07, 6.45) is 3.88. The van der Waals surface area contributed by atoms with Crippen LogP contribution in [0.3, 0.4) is 0 Å². The molecular weight excluding hydrogens is 128 g/mol. The van der Waals surface area contributed by atoms with Gasteiger partial charge in [-0.1, -0.05) is 0 Å². The number of hydrazine groups is 1. The Morgan fingerprint density at radius 1 is 1.62 bits per heavy atom. The highest BCUT2D eigenvalue weighted by atomic mass is 32.2. The molecule has 0 saturated carbocycles. The van der Waals surface area contributed by atoms with Gasteiger partial charge in [-0.3, -0.25) is 0 Å². The smallest absolute Gasteiger partial charge is 0.231 e. The lowest BCUT2D eigenvalue weighted by Gasteiger charge is -2.06. The van der Waals surface area contributed by atoms with Crippen molar-refractivity contribution in [3.8, 4) is 0 Å². The average molecular weight is 133 g/mol. The van der Waals surface area contributed by atoms with Crippen LogP contribution in [0.5, 0.6) is 0 Å². The summed E-state index contributed by atoms with van der Waals surface area (Å²) in [5.74, 6) is 0.0139. The van der Waals surface area contributed by atoms with Gasteiger partial charge in [-0.15, -0.1) is 4.83 Å². The molecule has 2 N–H and O–H groups in total. The monoisotopic (exact) mass is 133 g/mol. The third-order valence-corrected chi connectivity index (χ3v) is 1.70. The average Bonchev–Trinajstić information content (AvgIpc) is 1.65. The van der Waals surface area contributed by atoms with E-state index in [4.69, 9.17) is 0 Å². The molecule has 45 valence electrons. The molecule has 1 rings (SSSR count). The summed E-state index contributed by atoms with van der Waals surface area (Å²) in [4.78, 5) is 2.04. The highest BCUT2D eigenvalue weighted by Crippen LogP contribution is 1.85. The quantitative estimate of drug-likeness (QED) is 0.433. The normalized spacial score (nSPS) is 24.5. The molecule has 0 aromatic rings. The van der Waals surface area contributed by atoms with Gasteiger partial charge < -0.3 is 5.43 Å². The van der Waals surface area contributed by atoms with Gasteiger partial charge in [0.25, 0.3) is 0 Å². The first-order chi connectivity index (χ1) is 3.71. The summed E-state index contributed by atoms with van der Waals surface area (Å²) < 4.78 is 20.8. The van der Waals surface area contributed by atoms with Crippen LogP contribution in [-0.4, -0.2) is 14.2 Å². The molecule has 0 atom stereocenters. The predicted molar refractivity (Wildman–Crippen MR) is 27.9 cm³/mol. The van der Waals surface area contributed by atoms with Gasteiger partial charge >= 0.3 is 0 Å². The van der Waals surface area contributed by atoms with Crippen LogP contribution in [-0.2, 0) is 10.0 Å². The first-order valence-electron chi connectivity index (χ1n) is 2.02. The minimum atomic E-state index is -3.06. The third-order valence-electron chi connectivity index (χ3n) is 0.684. The Kier molecular flexibility index (Phi) is 1.22. The minimum absolute atomic E-state index is 0.0139. The second kappa shape index (κ2) is 1.75. The van der Waals surface area contributed by atoms with E-state index < -0.39 is 10.0 Å². The van der Waals surface area contributed by atoms with E-state index in [1.54, 1.807) is 0 Å². The van der Waals surface area contributed by atoms with Crippen LogP contribution >= 0.6 is 0 Å². The molecule has 1 aliphatic heterocycles. The molecule has 1 heterocycles. The number of hydrogen-bond acceptors (Lipinski definition) is 3. The molecule has 0 aromatic carbocycles. The van der Waals surface area contributed by atoms with Gasteiger partial charge in [0.05, 0.1) is 12.0 Å². The van der Waals surface area contributed by atoms with Crippen molar-refractivity contribution in [3.63, 3.8) is 0 Å². The fourth-order valence-corrected chi connectivity index (χ4v) is 0.952. The molecule has 0 unspecified atom stereocenters. The first-order valence-corrected chi connectivity index (χ1v) is 3.68. The van der Waals surface area contributed by atoms with Crippen LogP contribution < -0.4 is 10.3 Å². The van der Waals surface area contributed by atoms with Crippen molar-refractivity contribution in [1.29, 1.82) is 0 Å². The van der Waals surface area contributed by atoms with E-state index in [9.17, 15) is 8.42 Å². The van der Waals surface area contributed by atoms with Crippen LogP contribution in [0, 0.1) is 6.20 Å². The number of rotatable bonds is 0. The van der Waals surface area contributed by atoms with Crippen molar-refractivity contribution >= 4 is 10.0 Å². The van der Waals surface area contributed by atoms with E-state index in [1.807, 2.05) is 4.83 Å². The van der Waals surface area contributed by atoms with E-state index in [0.29, 0.717) is 0 Å². The zero-order chi connectivity index (χ0) is 6.04. The maximum absolute atomic E-state index is 10.4. The van der Waals surface area contributed by atoms with Gasteiger partial charge in [-0.25, -0.2) is 8.42 Å². The number of sulfonamides is 1. The van der Waals surface area contributed by atoms with Crippen molar-refractivity contribution in [2.24, 2.45) is 0 Å². The number of hydrogen-bond donors (Lipinski definition) is 2. The third kappa shape index (κ3) is 1.21. The predicted octanol–water partition coefficient (Wildman–Crippen LogP) is -1.26. The largest absolute Gasteiger partial charge is 0.306 e. The van der Waals surface area contributed by atoms with Crippen molar-refractivity contribution < 1.29 is 8.42 Å². The molecule has 1 aliphatic rings. The maximum Gasteiger partial charge on any atom is 0.231 e. The van der Waals surface area contributed by atoms with Gasteiger partial charge in [0.1, 0.15) is 0 Å². The Morgan fingerprint density at radius 2 is 2.38 bits per heavy atom. The van der Waals surface area contributed by atoms with Crippen molar-refractivity contribution in [2.75, 3.05) is 5.75 Å². The summed E-state index contributed by atoms with van der Waals surface area (Å²) >= 11 is 0. The summed E-state index contributed by atoms with van der Waals surface area (Å²) in [6, 6.07) is 0. The minimum Gasteiger partial charge on any atom is -0.306 e. The molecule has 5 heteroatoms. The lowest BCUT2D eigenvalue weighted by Crippen LogP contribution is -2.38. The van der Waals surface area contributed by atoms with Crippen LogP contribution in [0.25, 0.3) is 0 Å². The molecule has 0 amide bonds. The molecule has 1 radical (unpaired) electrons. The molecule has 0 bridgehead atoms. The van der Waals surface area contributed by atoms with E-state index >= 15 is 0 Å². The lowest BCUT2D eigenvalue weighted by atomic mass is 10.7. The molecule has 8 heavy (non-hydrogen) atoms. The van der Waals surface area contributed by atoms with Crippen molar-refractivity contribution in [1.82, 2.24) is 10.3 Å². The zero-order valence-electron chi connectivity index (χ0n) is 4.01. The van der Waals surface area contributed by atoms with Gasteiger partial charge in [0, 0.05) is 0 Å². The second-order valence-electron chi connectivity index (χ2n) is 1.36. The topological polar surface area (TPSA) is 58.2 Å². The van der Waals surface area contributed by atoms with E-state index in [2.05, 4.69) is 11.6 Å². The van der Waals surface area contributed by atoms with Crippen molar-refractivity contribution in [2.45, 2.75) is 0 Å². The highest BCUT2D eigenvalue weighted by molar-refractivity contribution is 7.89. The first kappa shape index (κ1) is 5.58. The van der Waals surface area contributed by atoms with Gasteiger partial charge in [-0.2, -0.15) is 0 Å². The summed E-state index contributed by atoms with van der Waals surface area (Å²) in [6.45, 7) is 0. The fourth-order valence-electron chi connectivity index (χ4n) is 0.351. The highest BCUT2D eigenvalue weighted by Gasteiger charge is 2.08. The molecule has 4 nitrogen and oxygen atoms in total. The molecule has 0 aliphatic carbocycles. The van der Waals surface area contributed by atoms with E-state index in [0.717, 1.165) is 0 Å². The summed E-state index contributed by atoms with van der Waals surface area (Å²) in [5.41, 5.74) is 2.23. The van der Waals surface area contributed by atoms with E-state index in [-0.39, 0.29) is 5.75 Å². The van der Waals surface area contributed by atoms with Crippen LogP contribution in [0.1, 0.15) is 0 Å². The summed E-state index contributed by atoms with van der Waals surface area (Å²) in [7, 11) is -3.06. The Labute approximate surface area is 47.6 Å². The number of nitrogens with one attached hydrogen (secondary N) is 2. The molecular formula is C3H5N2O2S. The van der Waals surface area contributed by atoms with Gasteiger partial charge in [-0.05, 0) is 6.08 Å². The van der Waals surface area contributed by atoms with Crippen LogP contribution in [0.15, 0.2) is 6.08 Å². The fraction of sp³-hybridized carbons (Fsp3) is 0.333. The standard InChI is InChI=1S/C3H5N2O2S/c6-8(7)3-1-2-4-5-8/h1,4-5H,3H2. The Hall–Kier alpha value is -0.550. The zero-order valence-corrected chi connectivity index (χ0v) is 4.83. The molecule has 0 spiro atoms. The van der Waals surface area contributed by atoms with Gasteiger partial charge in [0.15, 0.2) is 0 Å². The Bertz CT molecular complexity index is 193. The Balaban J connectivity index is 2.79.